The van der Waals surface area contributed by atoms with Crippen LogP contribution in [0.5, 0.6) is 23.0 Å². The largest absolute Gasteiger partial charge is 0.493 e. The molecule has 168 valence electrons. The van der Waals surface area contributed by atoms with E-state index in [9.17, 15) is 0 Å². The lowest BCUT2D eigenvalue weighted by Gasteiger charge is -2.13. The maximum atomic E-state index is 5.97. The summed E-state index contributed by atoms with van der Waals surface area (Å²) in [4.78, 5) is 0. The van der Waals surface area contributed by atoms with E-state index >= 15 is 0 Å². The van der Waals surface area contributed by atoms with Gasteiger partial charge in [0.1, 0.15) is 6.61 Å². The second-order valence-electron chi connectivity index (χ2n) is 6.84. The molecule has 7 heteroatoms. The fourth-order valence-electron chi connectivity index (χ4n) is 2.98. The van der Waals surface area contributed by atoms with E-state index in [4.69, 9.17) is 18.9 Å². The van der Waals surface area contributed by atoms with Crippen LogP contribution in [-0.4, -0.2) is 27.0 Å². The van der Waals surface area contributed by atoms with Gasteiger partial charge in [-0.1, -0.05) is 34.1 Å². The summed E-state index contributed by atoms with van der Waals surface area (Å²) in [5.41, 5.74) is 6.08. The zero-order chi connectivity index (χ0) is 22.8. The van der Waals surface area contributed by atoms with Crippen LogP contribution in [0.2, 0.25) is 0 Å². The molecule has 0 atom stereocenters. The minimum absolute atomic E-state index is 0.466. The number of hydrogen-bond acceptors (Lipinski definition) is 6. The van der Waals surface area contributed by atoms with Crippen molar-refractivity contribution in [3.63, 3.8) is 0 Å². The van der Waals surface area contributed by atoms with Crippen LogP contribution in [0.15, 0.2) is 70.2 Å². The first-order valence-electron chi connectivity index (χ1n) is 10.2. The average Bonchev–Trinajstić information content (AvgIpc) is 2.82. The molecule has 3 rings (SSSR count). The Kier molecular flexibility index (Phi) is 8.80. The summed E-state index contributed by atoms with van der Waals surface area (Å²) in [6.45, 7) is 3.52. The molecule has 0 aliphatic heterocycles. The molecule has 0 aromatic heterocycles. The molecular formula is C25H27BrN2O4. The maximum Gasteiger partial charge on any atom is 0.161 e. The topological polar surface area (TPSA) is 61.3 Å². The summed E-state index contributed by atoms with van der Waals surface area (Å²) in [5.74, 6) is 2.78. The van der Waals surface area contributed by atoms with Gasteiger partial charge in [-0.25, -0.2) is 0 Å². The van der Waals surface area contributed by atoms with E-state index in [0.717, 1.165) is 21.2 Å². The molecule has 3 aromatic carbocycles. The SMILES string of the molecule is CCOc1cc(/C=N/NCc2ccc(OC)c(OC)c2)ccc1OCc1ccc(Br)cc1. The van der Waals surface area contributed by atoms with E-state index in [1.165, 1.54) is 0 Å². The van der Waals surface area contributed by atoms with Gasteiger partial charge in [-0.3, -0.25) is 0 Å². The van der Waals surface area contributed by atoms with Gasteiger partial charge in [-0.15, -0.1) is 0 Å². The van der Waals surface area contributed by atoms with Crippen molar-refractivity contribution in [2.75, 3.05) is 20.8 Å². The monoisotopic (exact) mass is 498 g/mol. The second-order valence-corrected chi connectivity index (χ2v) is 7.75. The Morgan fingerprint density at radius 2 is 1.53 bits per heavy atom. The Labute approximate surface area is 197 Å². The predicted octanol–water partition coefficient (Wildman–Crippen LogP) is 5.57. The zero-order valence-electron chi connectivity index (χ0n) is 18.4. The highest BCUT2D eigenvalue weighted by molar-refractivity contribution is 9.10. The highest BCUT2D eigenvalue weighted by Crippen LogP contribution is 2.29. The third-order valence-electron chi connectivity index (χ3n) is 4.61. The van der Waals surface area contributed by atoms with Gasteiger partial charge in [-0.2, -0.15) is 5.10 Å². The van der Waals surface area contributed by atoms with Crippen molar-refractivity contribution in [2.24, 2.45) is 5.10 Å². The standard InChI is InChI=1S/C25H27BrN2O4/c1-4-31-25-14-20(8-12-23(25)32-17-18-5-9-21(26)10-6-18)16-28-27-15-19-7-11-22(29-2)24(13-19)30-3/h5-14,16,27H,4,15,17H2,1-3H3/b28-16+. The van der Waals surface area contributed by atoms with E-state index in [0.29, 0.717) is 42.8 Å². The summed E-state index contributed by atoms with van der Waals surface area (Å²) in [7, 11) is 3.24. The first kappa shape index (κ1) is 23.5. The molecule has 0 radical (unpaired) electrons. The quantitative estimate of drug-likeness (QED) is 0.276. The molecule has 0 spiro atoms. The summed E-state index contributed by atoms with van der Waals surface area (Å²) in [6.07, 6.45) is 1.75. The number of nitrogens with zero attached hydrogens (tertiary/aromatic N) is 1. The van der Waals surface area contributed by atoms with Crippen molar-refractivity contribution < 1.29 is 18.9 Å². The van der Waals surface area contributed by atoms with Crippen molar-refractivity contribution in [1.29, 1.82) is 0 Å². The first-order chi connectivity index (χ1) is 15.6. The minimum atomic E-state index is 0.466. The molecule has 6 nitrogen and oxygen atoms in total. The number of rotatable bonds is 11. The van der Waals surface area contributed by atoms with Crippen LogP contribution in [0.4, 0.5) is 0 Å². The highest BCUT2D eigenvalue weighted by atomic mass is 79.9. The zero-order valence-corrected chi connectivity index (χ0v) is 20.0. The van der Waals surface area contributed by atoms with E-state index in [1.54, 1.807) is 20.4 Å². The Hall–Kier alpha value is -3.19. The van der Waals surface area contributed by atoms with Crippen LogP contribution in [0.3, 0.4) is 0 Å². The Balaban J connectivity index is 1.60. The van der Waals surface area contributed by atoms with Gasteiger partial charge < -0.3 is 24.4 Å². The molecule has 0 saturated carbocycles. The van der Waals surface area contributed by atoms with Crippen LogP contribution < -0.4 is 24.4 Å². The summed E-state index contributed by atoms with van der Waals surface area (Å²) in [5, 5.41) is 4.32. The van der Waals surface area contributed by atoms with Crippen LogP contribution in [0, 0.1) is 0 Å². The number of benzene rings is 3. The number of nitrogens with one attached hydrogen (secondary N) is 1. The first-order valence-corrected chi connectivity index (χ1v) is 11.0. The molecular weight excluding hydrogens is 472 g/mol. The molecule has 0 aliphatic rings. The average molecular weight is 499 g/mol. The number of methoxy groups -OCH3 is 2. The van der Waals surface area contributed by atoms with Gasteiger partial charge in [0, 0.05) is 4.47 Å². The third kappa shape index (κ3) is 6.65. The molecule has 0 aliphatic carbocycles. The predicted molar refractivity (Wildman–Crippen MR) is 130 cm³/mol. The van der Waals surface area contributed by atoms with Crippen LogP contribution in [0.25, 0.3) is 0 Å². The molecule has 0 bridgehead atoms. The van der Waals surface area contributed by atoms with Crippen molar-refractivity contribution in [3.8, 4) is 23.0 Å². The Morgan fingerprint density at radius 1 is 0.812 bits per heavy atom. The lowest BCUT2D eigenvalue weighted by molar-refractivity contribution is 0.269. The van der Waals surface area contributed by atoms with E-state index in [1.807, 2.05) is 67.6 Å². The van der Waals surface area contributed by atoms with Crippen LogP contribution >= 0.6 is 15.9 Å². The van der Waals surface area contributed by atoms with Gasteiger partial charge in [0.15, 0.2) is 23.0 Å². The van der Waals surface area contributed by atoms with Crippen molar-refractivity contribution >= 4 is 22.1 Å². The fraction of sp³-hybridized carbons (Fsp3) is 0.240. The summed E-state index contributed by atoms with van der Waals surface area (Å²) < 4.78 is 23.4. The number of halogens is 1. The van der Waals surface area contributed by atoms with Gasteiger partial charge in [0.2, 0.25) is 0 Å². The number of hydrogen-bond donors (Lipinski definition) is 1. The molecule has 0 fully saturated rings. The number of ether oxygens (including phenoxy) is 4. The molecule has 32 heavy (non-hydrogen) atoms. The second kappa shape index (κ2) is 12.0. The van der Waals surface area contributed by atoms with Crippen LogP contribution in [0.1, 0.15) is 23.6 Å². The fourth-order valence-corrected chi connectivity index (χ4v) is 3.25. The number of hydrazone groups is 1. The minimum Gasteiger partial charge on any atom is -0.493 e. The van der Waals surface area contributed by atoms with Crippen LogP contribution in [-0.2, 0) is 13.2 Å². The Morgan fingerprint density at radius 3 is 2.25 bits per heavy atom. The lowest BCUT2D eigenvalue weighted by Crippen LogP contribution is -2.06. The third-order valence-corrected chi connectivity index (χ3v) is 5.14. The molecule has 1 N–H and O–H groups in total. The smallest absolute Gasteiger partial charge is 0.161 e. The maximum absolute atomic E-state index is 5.97. The van der Waals surface area contributed by atoms with Gasteiger partial charge in [-0.05, 0) is 66.1 Å². The van der Waals surface area contributed by atoms with Crippen molar-refractivity contribution in [1.82, 2.24) is 5.43 Å². The normalized spacial score (nSPS) is 10.8. The summed E-state index contributed by atoms with van der Waals surface area (Å²) >= 11 is 3.44. The van der Waals surface area contributed by atoms with E-state index < -0.39 is 0 Å². The van der Waals surface area contributed by atoms with Gasteiger partial charge in [0.05, 0.1) is 33.6 Å². The van der Waals surface area contributed by atoms with Gasteiger partial charge >= 0.3 is 0 Å². The molecule has 3 aromatic rings. The highest BCUT2D eigenvalue weighted by Gasteiger charge is 2.07. The van der Waals surface area contributed by atoms with Crippen molar-refractivity contribution in [2.45, 2.75) is 20.1 Å². The summed E-state index contributed by atoms with van der Waals surface area (Å²) in [6, 6.07) is 19.6. The molecule has 0 saturated heterocycles. The Bertz CT molecular complexity index is 1040. The van der Waals surface area contributed by atoms with Gasteiger partial charge in [0.25, 0.3) is 0 Å². The molecule has 0 heterocycles. The van der Waals surface area contributed by atoms with Crippen molar-refractivity contribution in [3.05, 3.63) is 81.8 Å². The van der Waals surface area contributed by atoms with E-state index in [2.05, 4.69) is 26.5 Å². The molecule has 0 unspecified atom stereocenters. The lowest BCUT2D eigenvalue weighted by atomic mass is 10.2. The van der Waals surface area contributed by atoms with E-state index in [-0.39, 0.29) is 0 Å². The molecule has 0 amide bonds.